The number of thioether (sulfide) groups is 1. The second-order valence-electron chi connectivity index (χ2n) is 5.49. The Morgan fingerprint density at radius 2 is 1.92 bits per heavy atom. The van der Waals surface area contributed by atoms with Gasteiger partial charge in [-0.1, -0.05) is 39.8 Å². The number of benzene rings is 2. The summed E-state index contributed by atoms with van der Waals surface area (Å²) in [5.41, 5.74) is 0.797. The highest BCUT2D eigenvalue weighted by Crippen LogP contribution is 2.32. The van der Waals surface area contributed by atoms with Gasteiger partial charge in [0.2, 0.25) is 11.8 Å². The van der Waals surface area contributed by atoms with Gasteiger partial charge in [0, 0.05) is 23.6 Å². The van der Waals surface area contributed by atoms with Crippen LogP contribution in [0.25, 0.3) is 0 Å². The van der Waals surface area contributed by atoms with Crippen molar-refractivity contribution in [1.29, 1.82) is 0 Å². The Morgan fingerprint density at radius 3 is 2.58 bits per heavy atom. The number of halogens is 2. The Hall–Kier alpha value is -2.19. The Labute approximate surface area is 162 Å². The van der Waals surface area contributed by atoms with Crippen LogP contribution in [0.1, 0.15) is 6.42 Å². The predicted octanol–water partition coefficient (Wildman–Crippen LogP) is 4.05. The molecular formula is C18H15BrFN3O2S. The van der Waals surface area contributed by atoms with Gasteiger partial charge >= 0.3 is 0 Å². The highest BCUT2D eigenvalue weighted by Gasteiger charge is 2.41. The van der Waals surface area contributed by atoms with E-state index in [9.17, 15) is 14.0 Å². The van der Waals surface area contributed by atoms with Crippen molar-refractivity contribution in [2.24, 2.45) is 4.99 Å². The van der Waals surface area contributed by atoms with Crippen molar-refractivity contribution in [3.05, 3.63) is 58.8 Å². The topological polar surface area (TPSA) is 61.8 Å². The zero-order chi connectivity index (χ0) is 18.7. The Balaban J connectivity index is 1.73. The molecule has 3 rings (SSSR count). The molecule has 1 atom stereocenters. The van der Waals surface area contributed by atoms with Crippen molar-refractivity contribution in [3.63, 3.8) is 0 Å². The van der Waals surface area contributed by atoms with Crippen molar-refractivity contribution >= 4 is 56.0 Å². The fourth-order valence-corrected chi connectivity index (χ4v) is 3.76. The van der Waals surface area contributed by atoms with Gasteiger partial charge in [-0.25, -0.2) is 9.29 Å². The number of carbonyl (C=O) groups is 2. The fourth-order valence-electron chi connectivity index (χ4n) is 2.51. The smallest absolute Gasteiger partial charge is 0.247 e. The summed E-state index contributed by atoms with van der Waals surface area (Å²) in [6.07, 6.45) is -0.00112. The third kappa shape index (κ3) is 3.96. The second kappa shape index (κ2) is 8.01. The molecule has 0 aromatic heterocycles. The summed E-state index contributed by atoms with van der Waals surface area (Å²) >= 11 is 4.53. The lowest BCUT2D eigenvalue weighted by molar-refractivity contribution is -0.121. The maximum atomic E-state index is 14.0. The first-order valence-corrected chi connectivity index (χ1v) is 9.44. The summed E-state index contributed by atoms with van der Waals surface area (Å²) in [4.78, 5) is 30.0. The van der Waals surface area contributed by atoms with Crippen LogP contribution in [0, 0.1) is 5.82 Å². The number of amidine groups is 1. The van der Waals surface area contributed by atoms with Crippen LogP contribution >= 0.6 is 27.7 Å². The van der Waals surface area contributed by atoms with E-state index in [4.69, 9.17) is 0 Å². The highest BCUT2D eigenvalue weighted by molar-refractivity contribution is 9.10. The third-order valence-corrected chi connectivity index (χ3v) is 5.44. The number of hydrogen-bond donors (Lipinski definition) is 1. The molecule has 1 N–H and O–H groups in total. The quantitative estimate of drug-likeness (QED) is 0.448. The Bertz CT molecular complexity index is 873. The number of carbonyl (C=O) groups excluding carboxylic acids is 2. The number of anilines is 2. The van der Waals surface area contributed by atoms with Gasteiger partial charge in [0.05, 0.1) is 5.69 Å². The molecule has 134 valence electrons. The van der Waals surface area contributed by atoms with Crippen LogP contribution in [0.3, 0.4) is 0 Å². The van der Waals surface area contributed by atoms with Gasteiger partial charge in [0.15, 0.2) is 5.17 Å². The average molecular weight is 436 g/mol. The molecule has 2 aromatic carbocycles. The van der Waals surface area contributed by atoms with Gasteiger partial charge in [-0.05, 0) is 36.4 Å². The first-order valence-electron chi connectivity index (χ1n) is 7.77. The highest BCUT2D eigenvalue weighted by atomic mass is 79.9. The minimum Gasteiger partial charge on any atom is -0.335 e. The van der Waals surface area contributed by atoms with Crippen LogP contribution in [0.4, 0.5) is 15.8 Å². The summed E-state index contributed by atoms with van der Waals surface area (Å²) in [7, 11) is 1.60. The molecule has 5 nitrogen and oxygen atoms in total. The summed E-state index contributed by atoms with van der Waals surface area (Å²) in [6, 6.07) is 13.2. The van der Waals surface area contributed by atoms with E-state index in [1.807, 2.05) is 24.3 Å². The molecule has 2 amide bonds. The third-order valence-electron chi connectivity index (χ3n) is 3.75. The maximum absolute atomic E-state index is 14.0. The SMILES string of the molecule is CN=C(Nc1ccc(Br)cc1)SC1CC(=O)N(c2ccccc2F)C1=O. The molecule has 1 unspecified atom stereocenters. The molecule has 2 aromatic rings. The molecule has 1 aliphatic rings. The molecule has 26 heavy (non-hydrogen) atoms. The van der Waals surface area contributed by atoms with Gasteiger partial charge in [-0.2, -0.15) is 0 Å². The molecule has 0 saturated carbocycles. The van der Waals surface area contributed by atoms with Crippen LogP contribution in [-0.4, -0.2) is 29.3 Å². The van der Waals surface area contributed by atoms with Crippen LogP contribution in [-0.2, 0) is 9.59 Å². The summed E-state index contributed by atoms with van der Waals surface area (Å²) in [5.74, 6) is -1.46. The van der Waals surface area contributed by atoms with Crippen molar-refractivity contribution in [3.8, 4) is 0 Å². The second-order valence-corrected chi connectivity index (χ2v) is 7.60. The number of imide groups is 1. The number of nitrogens with one attached hydrogen (secondary N) is 1. The van der Waals surface area contributed by atoms with Gasteiger partial charge in [-0.3, -0.25) is 14.6 Å². The van der Waals surface area contributed by atoms with Crippen molar-refractivity contribution in [2.45, 2.75) is 11.7 Å². The molecule has 1 aliphatic heterocycles. The number of nitrogens with zero attached hydrogens (tertiary/aromatic N) is 2. The first kappa shape index (κ1) is 18.6. The molecule has 0 aliphatic carbocycles. The lowest BCUT2D eigenvalue weighted by Crippen LogP contribution is -2.32. The number of para-hydroxylation sites is 1. The summed E-state index contributed by atoms with van der Waals surface area (Å²) < 4.78 is 14.9. The molecule has 1 saturated heterocycles. The predicted molar refractivity (Wildman–Crippen MR) is 106 cm³/mol. The molecule has 8 heteroatoms. The van der Waals surface area contributed by atoms with Crippen molar-refractivity contribution in [2.75, 3.05) is 17.3 Å². The zero-order valence-electron chi connectivity index (χ0n) is 13.8. The van der Waals surface area contributed by atoms with E-state index in [2.05, 4.69) is 26.2 Å². The number of hydrogen-bond acceptors (Lipinski definition) is 4. The molecule has 1 heterocycles. The maximum Gasteiger partial charge on any atom is 0.247 e. The number of aliphatic imine (C=N–C) groups is 1. The Kier molecular flexibility index (Phi) is 5.73. The van der Waals surface area contributed by atoms with Crippen LogP contribution < -0.4 is 10.2 Å². The van der Waals surface area contributed by atoms with Crippen LogP contribution in [0.2, 0.25) is 0 Å². The van der Waals surface area contributed by atoms with E-state index < -0.39 is 22.9 Å². The molecule has 0 radical (unpaired) electrons. The van der Waals surface area contributed by atoms with Gasteiger partial charge in [-0.15, -0.1) is 0 Å². The summed E-state index contributed by atoms with van der Waals surface area (Å²) in [5, 5.41) is 2.98. The van der Waals surface area contributed by atoms with E-state index in [0.717, 1.165) is 26.8 Å². The first-order chi connectivity index (χ1) is 12.5. The van der Waals surface area contributed by atoms with Crippen LogP contribution in [0.15, 0.2) is 58.0 Å². The lowest BCUT2D eigenvalue weighted by Gasteiger charge is -2.16. The van der Waals surface area contributed by atoms with Gasteiger partial charge in [0.25, 0.3) is 0 Å². The van der Waals surface area contributed by atoms with E-state index in [1.54, 1.807) is 13.1 Å². The van der Waals surface area contributed by atoms with E-state index in [0.29, 0.717) is 5.17 Å². The fraction of sp³-hybridized carbons (Fsp3) is 0.167. The standard InChI is InChI=1S/C18H15BrFN3O2S/c1-21-18(22-12-8-6-11(19)7-9-12)26-15-10-16(24)23(17(15)25)14-5-3-2-4-13(14)20/h2-9,15H,10H2,1H3,(H,21,22). The van der Waals surface area contributed by atoms with Crippen molar-refractivity contribution < 1.29 is 14.0 Å². The van der Waals surface area contributed by atoms with E-state index in [-0.39, 0.29) is 12.1 Å². The average Bonchev–Trinajstić information content (AvgIpc) is 2.90. The van der Waals surface area contributed by atoms with E-state index in [1.165, 1.54) is 18.2 Å². The largest absolute Gasteiger partial charge is 0.335 e. The minimum atomic E-state index is -0.649. The monoisotopic (exact) mass is 435 g/mol. The van der Waals surface area contributed by atoms with Crippen molar-refractivity contribution in [1.82, 2.24) is 0 Å². The number of rotatable bonds is 3. The van der Waals surface area contributed by atoms with Crippen LogP contribution in [0.5, 0.6) is 0 Å². The summed E-state index contributed by atoms with van der Waals surface area (Å²) in [6.45, 7) is 0. The molecule has 0 spiro atoms. The van der Waals surface area contributed by atoms with Gasteiger partial charge in [0.1, 0.15) is 11.1 Å². The lowest BCUT2D eigenvalue weighted by atomic mass is 10.3. The Morgan fingerprint density at radius 1 is 1.23 bits per heavy atom. The minimum absolute atomic E-state index is 0.00112. The molecule has 0 bridgehead atoms. The zero-order valence-corrected chi connectivity index (χ0v) is 16.2. The normalized spacial score (nSPS) is 17.7. The molecular weight excluding hydrogens is 421 g/mol. The number of amides is 2. The molecule has 1 fully saturated rings. The van der Waals surface area contributed by atoms with Gasteiger partial charge < -0.3 is 5.32 Å². The van der Waals surface area contributed by atoms with E-state index >= 15 is 0 Å².